The first-order valence-electron chi connectivity index (χ1n) is 9.82. The van der Waals surface area contributed by atoms with E-state index >= 15 is 0 Å². The molecule has 2 aromatic carbocycles. The topological polar surface area (TPSA) is 45.2 Å². The number of anilines is 3. The third kappa shape index (κ3) is 3.52. The van der Waals surface area contributed by atoms with Crippen molar-refractivity contribution in [2.24, 2.45) is 0 Å². The summed E-state index contributed by atoms with van der Waals surface area (Å²) >= 11 is 0. The molecular weight excluding hydrogens is 334 g/mol. The van der Waals surface area contributed by atoms with Gasteiger partial charge < -0.3 is 10.2 Å². The van der Waals surface area contributed by atoms with Gasteiger partial charge in [-0.2, -0.15) is 0 Å². The summed E-state index contributed by atoms with van der Waals surface area (Å²) in [5.74, 6) is 1.06. The molecule has 0 aliphatic carbocycles. The number of carbonyl (C=O) groups excluding carboxylic acids is 1. The number of rotatable bonds is 6. The van der Waals surface area contributed by atoms with Gasteiger partial charge in [0.15, 0.2) is 0 Å². The van der Waals surface area contributed by atoms with E-state index in [1.54, 1.807) is 0 Å². The number of hydrogen-bond acceptors (Lipinski definition) is 3. The molecule has 1 aliphatic heterocycles. The van der Waals surface area contributed by atoms with Crippen LogP contribution in [0.2, 0.25) is 0 Å². The minimum Gasteiger partial charge on any atom is -0.326 e. The number of nitrogens with zero attached hydrogens (tertiary/aromatic N) is 2. The molecule has 1 amide bonds. The van der Waals surface area contributed by atoms with Gasteiger partial charge in [-0.1, -0.05) is 56.2 Å². The Morgan fingerprint density at radius 2 is 1.85 bits per heavy atom. The lowest BCUT2D eigenvalue weighted by molar-refractivity contribution is -0.116. The number of hydrogen-bond donors (Lipinski definition) is 1. The summed E-state index contributed by atoms with van der Waals surface area (Å²) in [4.78, 5) is 19.7. The van der Waals surface area contributed by atoms with Crippen LogP contribution in [-0.2, 0) is 11.2 Å². The zero-order valence-electron chi connectivity index (χ0n) is 15.7. The summed E-state index contributed by atoms with van der Waals surface area (Å²) < 4.78 is 0. The third-order valence-electron chi connectivity index (χ3n) is 5.15. The van der Waals surface area contributed by atoms with Gasteiger partial charge in [0, 0.05) is 29.6 Å². The first-order chi connectivity index (χ1) is 13.3. The molecule has 0 spiro atoms. The Morgan fingerprint density at radius 1 is 1.07 bits per heavy atom. The normalized spacial score (nSPS) is 13.0. The minimum atomic E-state index is 0.0974. The molecule has 138 valence electrons. The summed E-state index contributed by atoms with van der Waals surface area (Å²) in [7, 11) is 0. The number of benzene rings is 2. The van der Waals surface area contributed by atoms with E-state index in [9.17, 15) is 4.79 Å². The highest BCUT2D eigenvalue weighted by Gasteiger charge is 2.27. The van der Waals surface area contributed by atoms with Crippen LogP contribution in [0.5, 0.6) is 0 Å². The molecule has 0 radical (unpaired) electrons. The second-order valence-electron chi connectivity index (χ2n) is 7.05. The van der Waals surface area contributed by atoms with Gasteiger partial charge in [0.1, 0.15) is 5.82 Å². The van der Waals surface area contributed by atoms with Gasteiger partial charge in [-0.05, 0) is 31.0 Å². The van der Waals surface area contributed by atoms with Crippen LogP contribution in [0, 0.1) is 0 Å². The lowest BCUT2D eigenvalue weighted by Crippen LogP contribution is -2.15. The Morgan fingerprint density at radius 3 is 2.67 bits per heavy atom. The number of pyridine rings is 1. The smallest absolute Gasteiger partial charge is 0.224 e. The van der Waals surface area contributed by atoms with Gasteiger partial charge in [-0.3, -0.25) is 4.79 Å². The summed E-state index contributed by atoms with van der Waals surface area (Å²) in [6, 6.07) is 18.4. The monoisotopic (exact) mass is 359 g/mol. The van der Waals surface area contributed by atoms with Crippen molar-refractivity contribution < 1.29 is 4.79 Å². The van der Waals surface area contributed by atoms with E-state index in [4.69, 9.17) is 4.98 Å². The molecule has 27 heavy (non-hydrogen) atoms. The molecule has 0 fully saturated rings. The van der Waals surface area contributed by atoms with Crippen molar-refractivity contribution in [3.05, 3.63) is 60.2 Å². The van der Waals surface area contributed by atoms with Crippen LogP contribution in [0.1, 0.15) is 38.2 Å². The molecule has 0 unspecified atom stereocenters. The number of amides is 1. The molecule has 1 aromatic heterocycles. The highest BCUT2D eigenvalue weighted by molar-refractivity contribution is 6.04. The molecule has 4 nitrogen and oxygen atoms in total. The lowest BCUT2D eigenvalue weighted by atomic mass is 10.1. The SMILES string of the molecule is CCCCCC(=O)Nc1c2c(nc3ccccc13)N(c1ccccc1)CC2. The number of unbranched alkanes of at least 4 members (excludes halogenated alkanes) is 2. The predicted molar refractivity (Wildman–Crippen MR) is 112 cm³/mol. The molecule has 0 bridgehead atoms. The molecule has 3 aromatic rings. The quantitative estimate of drug-likeness (QED) is 0.595. The largest absolute Gasteiger partial charge is 0.326 e. The Hall–Kier alpha value is -2.88. The molecule has 0 saturated heterocycles. The fourth-order valence-electron chi connectivity index (χ4n) is 3.77. The van der Waals surface area contributed by atoms with E-state index in [-0.39, 0.29) is 5.91 Å². The molecule has 0 saturated carbocycles. The van der Waals surface area contributed by atoms with Crippen molar-refractivity contribution >= 4 is 34.0 Å². The first kappa shape index (κ1) is 17.5. The summed E-state index contributed by atoms with van der Waals surface area (Å²) in [5, 5.41) is 4.23. The Bertz CT molecular complexity index is 952. The lowest BCUT2D eigenvalue weighted by Gasteiger charge is -2.20. The van der Waals surface area contributed by atoms with E-state index in [2.05, 4.69) is 35.3 Å². The van der Waals surface area contributed by atoms with Crippen molar-refractivity contribution in [3.8, 4) is 0 Å². The molecule has 1 aliphatic rings. The Kier molecular flexibility index (Phi) is 5.05. The number of aromatic nitrogens is 1. The summed E-state index contributed by atoms with van der Waals surface area (Å²) in [6.07, 6.45) is 4.59. The number of carbonyl (C=O) groups is 1. The van der Waals surface area contributed by atoms with Gasteiger partial charge in [-0.15, -0.1) is 0 Å². The fourth-order valence-corrected chi connectivity index (χ4v) is 3.77. The average molecular weight is 359 g/mol. The maximum atomic E-state index is 12.5. The van der Waals surface area contributed by atoms with E-state index < -0.39 is 0 Å². The predicted octanol–water partition coefficient (Wildman–Crippen LogP) is 5.45. The number of fused-ring (bicyclic) bond motifs is 2. The van der Waals surface area contributed by atoms with E-state index in [0.717, 1.165) is 65.9 Å². The molecule has 4 heteroatoms. The van der Waals surface area contributed by atoms with Crippen molar-refractivity contribution in [2.45, 2.75) is 39.0 Å². The van der Waals surface area contributed by atoms with Crippen molar-refractivity contribution in [3.63, 3.8) is 0 Å². The highest BCUT2D eigenvalue weighted by Crippen LogP contribution is 2.40. The molecule has 0 atom stereocenters. The molecule has 4 rings (SSSR count). The van der Waals surface area contributed by atoms with Crippen LogP contribution >= 0.6 is 0 Å². The third-order valence-corrected chi connectivity index (χ3v) is 5.15. The van der Waals surface area contributed by atoms with Gasteiger partial charge in [0.2, 0.25) is 5.91 Å². The highest BCUT2D eigenvalue weighted by atomic mass is 16.1. The maximum absolute atomic E-state index is 12.5. The van der Waals surface area contributed by atoms with E-state index in [0.29, 0.717) is 6.42 Å². The zero-order chi connectivity index (χ0) is 18.6. The second kappa shape index (κ2) is 7.78. The second-order valence-corrected chi connectivity index (χ2v) is 7.05. The zero-order valence-corrected chi connectivity index (χ0v) is 15.7. The van der Waals surface area contributed by atoms with E-state index in [1.165, 1.54) is 0 Å². The summed E-state index contributed by atoms with van der Waals surface area (Å²) in [5.41, 5.74) is 4.14. The maximum Gasteiger partial charge on any atom is 0.224 e. The Balaban J connectivity index is 1.74. The molecule has 1 N–H and O–H groups in total. The van der Waals surface area contributed by atoms with Crippen LogP contribution in [0.3, 0.4) is 0 Å². The fraction of sp³-hybridized carbons (Fsp3) is 0.304. The first-order valence-corrected chi connectivity index (χ1v) is 9.82. The van der Waals surface area contributed by atoms with Gasteiger partial charge in [0.05, 0.1) is 11.2 Å². The molecular formula is C23H25N3O. The van der Waals surface area contributed by atoms with E-state index in [1.807, 2.05) is 36.4 Å². The van der Waals surface area contributed by atoms with Crippen molar-refractivity contribution in [1.29, 1.82) is 0 Å². The number of para-hydroxylation sites is 2. The van der Waals surface area contributed by atoms with Crippen LogP contribution in [-0.4, -0.2) is 17.4 Å². The van der Waals surface area contributed by atoms with Crippen molar-refractivity contribution in [2.75, 3.05) is 16.8 Å². The standard InChI is InChI=1S/C23H25N3O/c1-2-3-5-14-21(27)25-22-18-12-8-9-13-20(18)24-23-19(22)15-16-26(23)17-10-6-4-7-11-17/h4,6-13H,2-3,5,14-16H2,1H3,(H,24,25,27). The number of nitrogens with one attached hydrogen (secondary N) is 1. The Labute approximate surface area is 160 Å². The minimum absolute atomic E-state index is 0.0974. The average Bonchev–Trinajstić information content (AvgIpc) is 3.12. The van der Waals surface area contributed by atoms with Crippen LogP contribution in [0.25, 0.3) is 10.9 Å². The molecule has 2 heterocycles. The van der Waals surface area contributed by atoms with Gasteiger partial charge >= 0.3 is 0 Å². The summed E-state index contributed by atoms with van der Waals surface area (Å²) in [6.45, 7) is 3.03. The van der Waals surface area contributed by atoms with Gasteiger partial charge in [-0.25, -0.2) is 4.98 Å². The van der Waals surface area contributed by atoms with Crippen LogP contribution in [0.15, 0.2) is 54.6 Å². The van der Waals surface area contributed by atoms with Crippen molar-refractivity contribution in [1.82, 2.24) is 4.98 Å². The van der Waals surface area contributed by atoms with Gasteiger partial charge in [0.25, 0.3) is 0 Å². The van der Waals surface area contributed by atoms with Crippen LogP contribution < -0.4 is 10.2 Å². The van der Waals surface area contributed by atoms with Crippen LogP contribution in [0.4, 0.5) is 17.2 Å².